The third-order valence-corrected chi connectivity index (χ3v) is 4.63. The van der Waals surface area contributed by atoms with Crippen LogP contribution in [0.3, 0.4) is 0 Å². The Bertz CT molecular complexity index is 206. The molecule has 1 saturated carbocycles. The van der Waals surface area contributed by atoms with E-state index in [1.165, 1.54) is 31.7 Å². The van der Waals surface area contributed by atoms with Crippen LogP contribution >= 0.6 is 11.8 Å². The molecule has 0 aromatic rings. The number of thioether (sulfide) groups is 1. The first-order valence-electron chi connectivity index (χ1n) is 6.20. The van der Waals surface area contributed by atoms with E-state index in [1.807, 2.05) is 11.8 Å². The van der Waals surface area contributed by atoms with Crippen molar-refractivity contribution in [2.45, 2.75) is 44.8 Å². The second-order valence-electron chi connectivity index (χ2n) is 5.20. The molecule has 88 valence electrons. The van der Waals surface area contributed by atoms with Gasteiger partial charge in [-0.2, -0.15) is 11.8 Å². The van der Waals surface area contributed by atoms with E-state index in [9.17, 15) is 0 Å². The van der Waals surface area contributed by atoms with Crippen molar-refractivity contribution in [2.24, 2.45) is 5.92 Å². The van der Waals surface area contributed by atoms with Gasteiger partial charge in [0.05, 0.1) is 0 Å². The van der Waals surface area contributed by atoms with Gasteiger partial charge in [-0.15, -0.1) is 0 Å². The number of nitrogens with zero attached hydrogens (tertiary/aromatic N) is 1. The standard InChI is InChI=1S/C12H24N2S/c1-9-6-13-12(11-4-5-11)7-14(9)10(2)8-15-3/h9-13H,4-8H2,1-3H3. The summed E-state index contributed by atoms with van der Waals surface area (Å²) >= 11 is 1.97. The Hall–Kier alpha value is 0.270. The van der Waals surface area contributed by atoms with Gasteiger partial charge in [-0.05, 0) is 38.9 Å². The van der Waals surface area contributed by atoms with E-state index >= 15 is 0 Å². The molecule has 3 unspecified atom stereocenters. The highest BCUT2D eigenvalue weighted by Gasteiger charge is 2.37. The van der Waals surface area contributed by atoms with Gasteiger partial charge in [-0.3, -0.25) is 4.90 Å². The molecule has 0 bridgehead atoms. The van der Waals surface area contributed by atoms with Crippen LogP contribution in [-0.4, -0.2) is 48.1 Å². The molecule has 3 atom stereocenters. The lowest BCUT2D eigenvalue weighted by Gasteiger charge is -2.42. The van der Waals surface area contributed by atoms with Crippen molar-refractivity contribution in [3.05, 3.63) is 0 Å². The summed E-state index contributed by atoms with van der Waals surface area (Å²) in [6.45, 7) is 7.18. The predicted molar refractivity (Wildman–Crippen MR) is 68.5 cm³/mol. The Morgan fingerprint density at radius 3 is 2.80 bits per heavy atom. The summed E-state index contributed by atoms with van der Waals surface area (Å²) in [5.41, 5.74) is 0. The molecule has 0 amide bonds. The number of hydrogen-bond acceptors (Lipinski definition) is 3. The first-order chi connectivity index (χ1) is 7.22. The summed E-state index contributed by atoms with van der Waals surface area (Å²) in [5, 5.41) is 3.71. The summed E-state index contributed by atoms with van der Waals surface area (Å²) < 4.78 is 0. The predicted octanol–water partition coefficient (Wildman–Crippen LogP) is 1.81. The number of rotatable bonds is 4. The zero-order valence-electron chi connectivity index (χ0n) is 10.2. The van der Waals surface area contributed by atoms with Gasteiger partial charge in [0, 0.05) is 37.0 Å². The quantitative estimate of drug-likeness (QED) is 0.790. The van der Waals surface area contributed by atoms with Crippen LogP contribution in [0.4, 0.5) is 0 Å². The van der Waals surface area contributed by atoms with E-state index in [1.54, 1.807) is 0 Å². The van der Waals surface area contributed by atoms with E-state index in [2.05, 4.69) is 30.3 Å². The van der Waals surface area contributed by atoms with Crippen molar-refractivity contribution in [1.29, 1.82) is 0 Å². The van der Waals surface area contributed by atoms with Crippen molar-refractivity contribution in [3.63, 3.8) is 0 Å². The second kappa shape index (κ2) is 5.07. The van der Waals surface area contributed by atoms with Crippen LogP contribution in [-0.2, 0) is 0 Å². The summed E-state index contributed by atoms with van der Waals surface area (Å²) in [6, 6.07) is 2.23. The molecule has 0 spiro atoms. The van der Waals surface area contributed by atoms with Gasteiger partial charge >= 0.3 is 0 Å². The van der Waals surface area contributed by atoms with Gasteiger partial charge in [-0.25, -0.2) is 0 Å². The maximum atomic E-state index is 3.71. The zero-order chi connectivity index (χ0) is 10.8. The summed E-state index contributed by atoms with van der Waals surface area (Å²) in [4.78, 5) is 2.70. The van der Waals surface area contributed by atoms with Crippen LogP contribution in [0.1, 0.15) is 26.7 Å². The third-order valence-electron chi connectivity index (χ3n) is 3.81. The molecule has 1 aliphatic carbocycles. The minimum absolute atomic E-state index is 0.710. The first kappa shape index (κ1) is 11.7. The molecule has 15 heavy (non-hydrogen) atoms. The largest absolute Gasteiger partial charge is 0.311 e. The molecule has 0 aromatic carbocycles. The van der Waals surface area contributed by atoms with Gasteiger partial charge in [0.25, 0.3) is 0 Å². The number of nitrogens with one attached hydrogen (secondary N) is 1. The fraction of sp³-hybridized carbons (Fsp3) is 1.00. The lowest BCUT2D eigenvalue weighted by Crippen LogP contribution is -2.59. The van der Waals surface area contributed by atoms with Gasteiger partial charge in [0.2, 0.25) is 0 Å². The van der Waals surface area contributed by atoms with Crippen LogP contribution in [0.25, 0.3) is 0 Å². The molecule has 2 aliphatic rings. The third kappa shape index (κ3) is 2.89. The summed E-state index contributed by atoms with van der Waals surface area (Å²) in [6.07, 6.45) is 5.12. The number of hydrogen-bond donors (Lipinski definition) is 1. The first-order valence-corrected chi connectivity index (χ1v) is 7.59. The van der Waals surface area contributed by atoms with Crippen LogP contribution in [0.2, 0.25) is 0 Å². The molecule has 2 fully saturated rings. The second-order valence-corrected chi connectivity index (χ2v) is 6.11. The SMILES string of the molecule is CSCC(C)N1CC(C2CC2)NCC1C. The topological polar surface area (TPSA) is 15.3 Å². The molecule has 2 rings (SSSR count). The average Bonchev–Trinajstić information content (AvgIpc) is 3.02. The van der Waals surface area contributed by atoms with E-state index in [0.717, 1.165) is 18.0 Å². The molecule has 1 N–H and O–H groups in total. The molecule has 1 heterocycles. The molecular weight excluding hydrogens is 204 g/mol. The van der Waals surface area contributed by atoms with Crippen LogP contribution in [0, 0.1) is 5.92 Å². The Morgan fingerprint density at radius 1 is 1.47 bits per heavy atom. The lowest BCUT2D eigenvalue weighted by molar-refractivity contribution is 0.102. The fourth-order valence-corrected chi connectivity index (χ4v) is 3.35. The van der Waals surface area contributed by atoms with E-state index < -0.39 is 0 Å². The zero-order valence-corrected chi connectivity index (χ0v) is 11.0. The highest BCUT2D eigenvalue weighted by molar-refractivity contribution is 7.98. The van der Waals surface area contributed by atoms with Gasteiger partial charge in [-0.1, -0.05) is 0 Å². The molecule has 1 saturated heterocycles. The van der Waals surface area contributed by atoms with Gasteiger partial charge in [0.1, 0.15) is 0 Å². The van der Waals surface area contributed by atoms with Crippen LogP contribution < -0.4 is 5.32 Å². The molecule has 0 radical (unpaired) electrons. The average molecular weight is 228 g/mol. The normalized spacial score (nSPS) is 35.4. The Kier molecular flexibility index (Phi) is 3.97. The number of piperazine rings is 1. The summed E-state index contributed by atoms with van der Waals surface area (Å²) in [7, 11) is 0. The maximum Gasteiger partial charge on any atom is 0.0224 e. The minimum atomic E-state index is 0.710. The minimum Gasteiger partial charge on any atom is -0.311 e. The highest BCUT2D eigenvalue weighted by Crippen LogP contribution is 2.34. The molecule has 3 heteroatoms. The van der Waals surface area contributed by atoms with E-state index in [0.29, 0.717) is 6.04 Å². The van der Waals surface area contributed by atoms with Crippen molar-refractivity contribution in [2.75, 3.05) is 25.1 Å². The van der Waals surface area contributed by atoms with E-state index in [-0.39, 0.29) is 0 Å². The monoisotopic (exact) mass is 228 g/mol. The van der Waals surface area contributed by atoms with Crippen molar-refractivity contribution >= 4 is 11.8 Å². The van der Waals surface area contributed by atoms with Crippen molar-refractivity contribution in [1.82, 2.24) is 10.2 Å². The van der Waals surface area contributed by atoms with Crippen molar-refractivity contribution in [3.8, 4) is 0 Å². The molecule has 2 nitrogen and oxygen atoms in total. The Labute approximate surface area is 98.2 Å². The summed E-state index contributed by atoms with van der Waals surface area (Å²) in [5.74, 6) is 2.25. The van der Waals surface area contributed by atoms with E-state index in [4.69, 9.17) is 0 Å². The Morgan fingerprint density at radius 2 is 2.20 bits per heavy atom. The van der Waals surface area contributed by atoms with Crippen molar-refractivity contribution < 1.29 is 0 Å². The van der Waals surface area contributed by atoms with Crippen LogP contribution in [0.5, 0.6) is 0 Å². The molecule has 1 aliphatic heterocycles. The lowest BCUT2D eigenvalue weighted by atomic mass is 10.0. The highest BCUT2D eigenvalue weighted by atomic mass is 32.2. The molecule has 0 aromatic heterocycles. The van der Waals surface area contributed by atoms with Gasteiger partial charge < -0.3 is 5.32 Å². The smallest absolute Gasteiger partial charge is 0.0224 e. The Balaban J connectivity index is 1.88. The molecular formula is C12H24N2S. The van der Waals surface area contributed by atoms with Gasteiger partial charge in [0.15, 0.2) is 0 Å². The maximum absolute atomic E-state index is 3.71. The van der Waals surface area contributed by atoms with Crippen LogP contribution in [0.15, 0.2) is 0 Å². The fourth-order valence-electron chi connectivity index (χ4n) is 2.68.